The standard InChI is InChI=1S/C17H20N4O3.ClH/c22-15(20-9-11-7-18-8-12(11)10-20)5-6-21-17(24)14-4-2-1-3-13(14)16(23)19-21;/h1-4,11-12,18H,5-10H2,(H,19,23);1H/t11-,12+;. The van der Waals surface area contributed by atoms with Gasteiger partial charge in [-0.1, -0.05) is 12.1 Å². The van der Waals surface area contributed by atoms with Gasteiger partial charge in [-0.2, -0.15) is 0 Å². The van der Waals surface area contributed by atoms with Crippen molar-refractivity contribution in [3.63, 3.8) is 0 Å². The van der Waals surface area contributed by atoms with Crippen LogP contribution in [0, 0.1) is 11.8 Å². The Kier molecular flexibility index (Phi) is 4.96. The van der Waals surface area contributed by atoms with E-state index in [0.29, 0.717) is 22.6 Å². The zero-order valence-corrected chi connectivity index (χ0v) is 14.6. The van der Waals surface area contributed by atoms with Crippen LogP contribution in [0.3, 0.4) is 0 Å². The van der Waals surface area contributed by atoms with Gasteiger partial charge in [0.05, 0.1) is 17.3 Å². The summed E-state index contributed by atoms with van der Waals surface area (Å²) in [6, 6.07) is 6.72. The maximum absolute atomic E-state index is 12.4. The molecule has 2 N–H and O–H groups in total. The quantitative estimate of drug-likeness (QED) is 0.813. The second-order valence-electron chi connectivity index (χ2n) is 6.67. The summed E-state index contributed by atoms with van der Waals surface area (Å²) in [5, 5.41) is 6.69. The van der Waals surface area contributed by atoms with Crippen molar-refractivity contribution in [3.8, 4) is 0 Å². The van der Waals surface area contributed by atoms with E-state index in [2.05, 4.69) is 10.4 Å². The zero-order valence-electron chi connectivity index (χ0n) is 13.7. The molecule has 7 nitrogen and oxygen atoms in total. The van der Waals surface area contributed by atoms with Crippen molar-refractivity contribution in [2.75, 3.05) is 26.2 Å². The fourth-order valence-electron chi connectivity index (χ4n) is 3.83. The summed E-state index contributed by atoms with van der Waals surface area (Å²) >= 11 is 0. The summed E-state index contributed by atoms with van der Waals surface area (Å²) in [5.74, 6) is 1.15. The van der Waals surface area contributed by atoms with E-state index in [0.717, 1.165) is 26.2 Å². The number of benzene rings is 1. The second kappa shape index (κ2) is 7.01. The van der Waals surface area contributed by atoms with Crippen molar-refractivity contribution in [2.45, 2.75) is 13.0 Å². The molecule has 0 bridgehead atoms. The second-order valence-corrected chi connectivity index (χ2v) is 6.67. The molecule has 2 aromatic rings. The summed E-state index contributed by atoms with van der Waals surface area (Å²) in [6.45, 7) is 3.74. The van der Waals surface area contributed by atoms with Crippen molar-refractivity contribution >= 4 is 29.1 Å². The highest BCUT2D eigenvalue weighted by Gasteiger charge is 2.37. The lowest BCUT2D eigenvalue weighted by Crippen LogP contribution is -2.35. The number of nitrogens with zero attached hydrogens (tertiary/aromatic N) is 2. The van der Waals surface area contributed by atoms with Crippen molar-refractivity contribution < 1.29 is 4.79 Å². The minimum atomic E-state index is -0.306. The number of aromatic amines is 1. The molecule has 2 aliphatic heterocycles. The number of carbonyl (C=O) groups is 1. The number of aryl methyl sites for hydroxylation is 1. The van der Waals surface area contributed by atoms with E-state index in [-0.39, 0.29) is 42.4 Å². The topological polar surface area (TPSA) is 87.2 Å². The minimum absolute atomic E-state index is 0. The molecule has 134 valence electrons. The van der Waals surface area contributed by atoms with Gasteiger partial charge in [-0.3, -0.25) is 19.5 Å². The smallest absolute Gasteiger partial charge is 0.273 e. The van der Waals surface area contributed by atoms with Crippen LogP contribution in [0.4, 0.5) is 0 Å². The summed E-state index contributed by atoms with van der Waals surface area (Å²) in [7, 11) is 0. The van der Waals surface area contributed by atoms with Gasteiger partial charge in [0.15, 0.2) is 0 Å². The number of nitrogens with one attached hydrogen (secondary N) is 2. The maximum atomic E-state index is 12.4. The van der Waals surface area contributed by atoms with Crippen LogP contribution in [0.5, 0.6) is 0 Å². The van der Waals surface area contributed by atoms with Gasteiger partial charge >= 0.3 is 0 Å². The molecule has 0 saturated carbocycles. The zero-order chi connectivity index (χ0) is 16.7. The number of likely N-dealkylation sites (tertiary alicyclic amines) is 1. The third-order valence-electron chi connectivity index (χ3n) is 5.18. The van der Waals surface area contributed by atoms with Crippen molar-refractivity contribution in [2.24, 2.45) is 11.8 Å². The Labute approximate surface area is 150 Å². The summed E-state index contributed by atoms with van der Waals surface area (Å²) in [4.78, 5) is 38.8. The van der Waals surface area contributed by atoms with E-state index < -0.39 is 0 Å². The van der Waals surface area contributed by atoms with E-state index in [9.17, 15) is 14.4 Å². The van der Waals surface area contributed by atoms with E-state index in [1.807, 2.05) is 4.90 Å². The van der Waals surface area contributed by atoms with Gasteiger partial charge in [0.25, 0.3) is 11.1 Å². The number of rotatable bonds is 3. The molecule has 0 spiro atoms. The Morgan fingerprint density at radius 1 is 1.08 bits per heavy atom. The van der Waals surface area contributed by atoms with Crippen LogP contribution in [0.2, 0.25) is 0 Å². The van der Waals surface area contributed by atoms with Crippen LogP contribution in [-0.2, 0) is 11.3 Å². The third kappa shape index (κ3) is 3.21. The molecule has 2 fully saturated rings. The number of fused-ring (bicyclic) bond motifs is 2. The number of hydrogen-bond donors (Lipinski definition) is 2. The van der Waals surface area contributed by atoms with E-state index in [1.54, 1.807) is 24.3 Å². The molecule has 0 radical (unpaired) electrons. The lowest BCUT2D eigenvalue weighted by molar-refractivity contribution is -0.130. The molecule has 2 aliphatic rings. The largest absolute Gasteiger partial charge is 0.342 e. The van der Waals surface area contributed by atoms with Crippen LogP contribution in [0.15, 0.2) is 33.9 Å². The summed E-state index contributed by atoms with van der Waals surface area (Å²) in [6.07, 6.45) is 0.223. The molecule has 0 unspecified atom stereocenters. The molecular formula is C17H21ClN4O3. The summed E-state index contributed by atoms with van der Waals surface area (Å²) in [5.41, 5.74) is -0.570. The van der Waals surface area contributed by atoms with Crippen molar-refractivity contribution in [1.29, 1.82) is 0 Å². The molecule has 1 amide bonds. The van der Waals surface area contributed by atoms with Crippen LogP contribution in [-0.4, -0.2) is 46.8 Å². The van der Waals surface area contributed by atoms with Gasteiger partial charge in [-0.05, 0) is 24.0 Å². The van der Waals surface area contributed by atoms with Crippen LogP contribution in [0.1, 0.15) is 6.42 Å². The van der Waals surface area contributed by atoms with Gasteiger partial charge < -0.3 is 10.2 Å². The molecule has 2 atom stereocenters. The van der Waals surface area contributed by atoms with Gasteiger partial charge in [0.2, 0.25) is 5.91 Å². The molecule has 1 aromatic carbocycles. The maximum Gasteiger partial charge on any atom is 0.273 e. The Bertz CT molecular complexity index is 895. The third-order valence-corrected chi connectivity index (χ3v) is 5.18. The Morgan fingerprint density at radius 2 is 1.72 bits per heavy atom. The Morgan fingerprint density at radius 3 is 2.40 bits per heavy atom. The molecule has 0 aliphatic carbocycles. The lowest BCUT2D eigenvalue weighted by Gasteiger charge is -2.17. The highest BCUT2D eigenvalue weighted by molar-refractivity contribution is 5.85. The summed E-state index contributed by atoms with van der Waals surface area (Å²) < 4.78 is 1.25. The highest BCUT2D eigenvalue weighted by Crippen LogP contribution is 2.26. The minimum Gasteiger partial charge on any atom is -0.342 e. The van der Waals surface area contributed by atoms with Crippen molar-refractivity contribution in [3.05, 3.63) is 45.0 Å². The highest BCUT2D eigenvalue weighted by atomic mass is 35.5. The van der Waals surface area contributed by atoms with E-state index in [1.165, 1.54) is 4.68 Å². The van der Waals surface area contributed by atoms with Crippen LogP contribution in [0.25, 0.3) is 10.8 Å². The fourth-order valence-corrected chi connectivity index (χ4v) is 3.83. The molecule has 1 aromatic heterocycles. The van der Waals surface area contributed by atoms with Gasteiger partial charge in [0, 0.05) is 32.6 Å². The predicted octanol–water partition coefficient (Wildman–Crippen LogP) is 0.180. The Balaban J connectivity index is 0.00000182. The average molecular weight is 365 g/mol. The number of H-pyrrole nitrogens is 1. The van der Waals surface area contributed by atoms with Crippen LogP contribution >= 0.6 is 12.4 Å². The van der Waals surface area contributed by atoms with Gasteiger partial charge in [-0.15, -0.1) is 12.4 Å². The fraction of sp³-hybridized carbons (Fsp3) is 0.471. The van der Waals surface area contributed by atoms with Crippen LogP contribution < -0.4 is 16.4 Å². The molecule has 8 heteroatoms. The first-order valence-corrected chi connectivity index (χ1v) is 8.34. The van der Waals surface area contributed by atoms with E-state index in [4.69, 9.17) is 0 Å². The first kappa shape index (κ1) is 17.7. The van der Waals surface area contributed by atoms with Gasteiger partial charge in [-0.25, -0.2) is 4.68 Å². The predicted molar refractivity (Wildman–Crippen MR) is 97.1 cm³/mol. The van der Waals surface area contributed by atoms with E-state index >= 15 is 0 Å². The first-order valence-electron chi connectivity index (χ1n) is 8.34. The molecule has 4 rings (SSSR count). The molecule has 2 saturated heterocycles. The average Bonchev–Trinajstić information content (AvgIpc) is 3.18. The normalized spacial score (nSPS) is 22.0. The molecule has 25 heavy (non-hydrogen) atoms. The SMILES string of the molecule is Cl.O=C(CCn1[nH]c(=O)c2ccccc2c1=O)N1C[C@H]2CNC[C@H]2C1. The number of aromatic nitrogens is 2. The monoisotopic (exact) mass is 364 g/mol. The molecule has 3 heterocycles. The number of hydrogen-bond acceptors (Lipinski definition) is 4. The Hall–Kier alpha value is -2.12. The molecular weight excluding hydrogens is 344 g/mol. The lowest BCUT2D eigenvalue weighted by atomic mass is 10.0. The number of carbonyl (C=O) groups excluding carboxylic acids is 1. The number of halogens is 1. The number of amides is 1. The first-order chi connectivity index (χ1) is 11.6. The van der Waals surface area contributed by atoms with Gasteiger partial charge in [0.1, 0.15) is 0 Å². The van der Waals surface area contributed by atoms with Crippen molar-refractivity contribution in [1.82, 2.24) is 20.0 Å².